The zero-order valence-corrected chi connectivity index (χ0v) is 11.3. The average Bonchev–Trinajstić information content (AvgIpc) is 2.34. The molecule has 0 unspecified atom stereocenters. The lowest BCUT2D eigenvalue weighted by molar-refractivity contribution is -0.174. The van der Waals surface area contributed by atoms with Gasteiger partial charge in [0.05, 0.1) is 12.7 Å². The van der Waals surface area contributed by atoms with Crippen LogP contribution in [0.1, 0.15) is 13.8 Å². The molecule has 19 heavy (non-hydrogen) atoms. The Bertz CT molecular complexity index is 317. The quantitative estimate of drug-likeness (QED) is 0.715. The summed E-state index contributed by atoms with van der Waals surface area (Å²) in [4.78, 5) is 4.14. The van der Waals surface area contributed by atoms with Gasteiger partial charge in [-0.3, -0.25) is 9.80 Å². The first-order valence-electron chi connectivity index (χ1n) is 6.28. The van der Waals surface area contributed by atoms with E-state index in [4.69, 9.17) is 5.26 Å². The first kappa shape index (κ1) is 16.2. The van der Waals surface area contributed by atoms with Crippen molar-refractivity contribution < 1.29 is 17.9 Å². The van der Waals surface area contributed by atoms with E-state index < -0.39 is 18.3 Å². The molecule has 0 atom stereocenters. The molecular weight excluding hydrogens is 259 g/mol. The van der Waals surface area contributed by atoms with Gasteiger partial charge in [0.25, 0.3) is 0 Å². The van der Waals surface area contributed by atoms with Gasteiger partial charge in [-0.25, -0.2) is 0 Å². The van der Waals surface area contributed by atoms with E-state index >= 15 is 0 Å². The second-order valence-corrected chi connectivity index (χ2v) is 5.17. The summed E-state index contributed by atoms with van der Waals surface area (Å²) in [7, 11) is 0. The highest BCUT2D eigenvalue weighted by Gasteiger charge is 2.30. The number of rotatable bonds is 5. The fourth-order valence-electron chi connectivity index (χ4n) is 1.98. The summed E-state index contributed by atoms with van der Waals surface area (Å²) in [5.74, 6) is 0. The largest absolute Gasteiger partial charge is 0.411 e. The van der Waals surface area contributed by atoms with E-state index in [1.54, 1.807) is 0 Å². The molecule has 0 N–H and O–H groups in total. The summed E-state index contributed by atoms with van der Waals surface area (Å²) < 4.78 is 40.2. The molecule has 0 amide bonds. The molecule has 0 aromatic rings. The molecule has 1 heterocycles. The normalized spacial score (nSPS) is 19.4. The lowest BCUT2D eigenvalue weighted by atomic mass is 10.0. The molecule has 0 saturated carbocycles. The van der Waals surface area contributed by atoms with Crippen LogP contribution in [0.15, 0.2) is 0 Å². The Morgan fingerprint density at radius 2 is 1.74 bits per heavy atom. The highest BCUT2D eigenvalue weighted by atomic mass is 19.4. The topological polar surface area (TPSA) is 39.5 Å². The number of nitrogens with zero attached hydrogens (tertiary/aromatic N) is 3. The van der Waals surface area contributed by atoms with Crippen LogP contribution in [0.3, 0.4) is 0 Å². The van der Waals surface area contributed by atoms with E-state index in [2.05, 4.69) is 20.6 Å². The predicted octanol–water partition coefficient (Wildman–Crippen LogP) is 1.49. The van der Waals surface area contributed by atoms with Crippen molar-refractivity contribution in [3.05, 3.63) is 0 Å². The minimum Gasteiger partial charge on any atom is -0.371 e. The van der Waals surface area contributed by atoms with Crippen LogP contribution in [0.4, 0.5) is 13.2 Å². The van der Waals surface area contributed by atoms with Gasteiger partial charge in [0.1, 0.15) is 12.1 Å². The Kier molecular flexibility index (Phi) is 5.59. The van der Waals surface area contributed by atoms with E-state index in [0.29, 0.717) is 6.54 Å². The molecule has 0 aromatic carbocycles. The summed E-state index contributed by atoms with van der Waals surface area (Å²) in [6.07, 6.45) is -4.25. The molecule has 1 aliphatic heterocycles. The van der Waals surface area contributed by atoms with Crippen molar-refractivity contribution in [2.75, 3.05) is 45.9 Å². The fourth-order valence-corrected chi connectivity index (χ4v) is 1.98. The number of hydrogen-bond donors (Lipinski definition) is 0. The van der Waals surface area contributed by atoms with Crippen molar-refractivity contribution in [1.29, 1.82) is 5.26 Å². The maximum atomic E-state index is 11.9. The van der Waals surface area contributed by atoms with Crippen LogP contribution in [0.5, 0.6) is 0 Å². The van der Waals surface area contributed by atoms with Crippen molar-refractivity contribution in [3.63, 3.8) is 0 Å². The van der Waals surface area contributed by atoms with Crippen molar-refractivity contribution in [2.24, 2.45) is 0 Å². The van der Waals surface area contributed by atoms with E-state index in [9.17, 15) is 13.2 Å². The third-order valence-corrected chi connectivity index (χ3v) is 3.25. The maximum absolute atomic E-state index is 11.9. The van der Waals surface area contributed by atoms with Gasteiger partial charge in [-0.2, -0.15) is 18.4 Å². The van der Waals surface area contributed by atoms with Crippen LogP contribution < -0.4 is 0 Å². The summed E-state index contributed by atoms with van der Waals surface area (Å²) in [5.41, 5.74) is -0.487. The average molecular weight is 279 g/mol. The van der Waals surface area contributed by atoms with Gasteiger partial charge in [-0.15, -0.1) is 0 Å². The van der Waals surface area contributed by atoms with Crippen LogP contribution in [0.2, 0.25) is 0 Å². The molecule has 0 aliphatic carbocycles. The first-order valence-corrected chi connectivity index (χ1v) is 6.28. The van der Waals surface area contributed by atoms with Gasteiger partial charge in [0.2, 0.25) is 0 Å². The Morgan fingerprint density at radius 1 is 1.16 bits per heavy atom. The Hall–Kier alpha value is -0.840. The van der Waals surface area contributed by atoms with Gasteiger partial charge >= 0.3 is 6.18 Å². The van der Waals surface area contributed by atoms with Gasteiger partial charge in [0.15, 0.2) is 0 Å². The van der Waals surface area contributed by atoms with Gasteiger partial charge in [-0.1, -0.05) is 0 Å². The summed E-state index contributed by atoms with van der Waals surface area (Å²) in [6.45, 7) is 6.14. The molecule has 0 aromatic heterocycles. The summed E-state index contributed by atoms with van der Waals surface area (Å²) >= 11 is 0. The van der Waals surface area contributed by atoms with Gasteiger partial charge < -0.3 is 4.74 Å². The number of piperazine rings is 1. The molecule has 1 fully saturated rings. The molecule has 0 spiro atoms. The van der Waals surface area contributed by atoms with Crippen LogP contribution in [0, 0.1) is 11.3 Å². The molecule has 1 saturated heterocycles. The predicted molar refractivity (Wildman–Crippen MR) is 64.6 cm³/mol. The minimum absolute atomic E-state index is 0.0845. The van der Waals surface area contributed by atoms with Crippen molar-refractivity contribution >= 4 is 0 Å². The van der Waals surface area contributed by atoms with E-state index in [-0.39, 0.29) is 6.61 Å². The first-order chi connectivity index (χ1) is 8.74. The lowest BCUT2D eigenvalue weighted by Crippen LogP contribution is -2.54. The van der Waals surface area contributed by atoms with Crippen LogP contribution in [-0.4, -0.2) is 67.5 Å². The van der Waals surface area contributed by atoms with Gasteiger partial charge in [-0.05, 0) is 13.8 Å². The van der Waals surface area contributed by atoms with E-state index in [1.807, 2.05) is 13.8 Å². The molecule has 110 valence electrons. The highest BCUT2D eigenvalue weighted by Crippen LogP contribution is 2.16. The number of nitriles is 1. The second-order valence-electron chi connectivity index (χ2n) is 5.17. The third-order valence-electron chi connectivity index (χ3n) is 3.25. The second kappa shape index (κ2) is 6.55. The molecule has 4 nitrogen and oxygen atoms in total. The van der Waals surface area contributed by atoms with Crippen LogP contribution in [-0.2, 0) is 4.74 Å². The van der Waals surface area contributed by atoms with Gasteiger partial charge in [0, 0.05) is 32.7 Å². The Balaban J connectivity index is 2.19. The molecule has 1 rings (SSSR count). The molecule has 7 heteroatoms. The number of ether oxygens (including phenoxy) is 1. The highest BCUT2D eigenvalue weighted by molar-refractivity contribution is 5.02. The van der Waals surface area contributed by atoms with Crippen molar-refractivity contribution in [1.82, 2.24) is 9.80 Å². The standard InChI is InChI=1S/C12H20F3N3O/c1-11(2,9-16)18-5-3-17(4-6-18)7-8-19-10-12(13,14)15/h3-8,10H2,1-2H3. The van der Waals surface area contributed by atoms with Crippen LogP contribution in [0.25, 0.3) is 0 Å². The number of halogens is 3. The fraction of sp³-hybridized carbons (Fsp3) is 0.917. The zero-order valence-electron chi connectivity index (χ0n) is 11.3. The van der Waals surface area contributed by atoms with Crippen molar-refractivity contribution in [2.45, 2.75) is 25.6 Å². The minimum atomic E-state index is -4.25. The summed E-state index contributed by atoms with van der Waals surface area (Å²) in [6, 6.07) is 2.25. The lowest BCUT2D eigenvalue weighted by Gasteiger charge is -2.40. The van der Waals surface area contributed by atoms with E-state index in [0.717, 1.165) is 26.2 Å². The van der Waals surface area contributed by atoms with Crippen molar-refractivity contribution in [3.8, 4) is 6.07 Å². The molecular formula is C12H20F3N3O. The zero-order chi connectivity index (χ0) is 14.5. The SMILES string of the molecule is CC(C)(C#N)N1CCN(CCOCC(F)(F)F)CC1. The monoisotopic (exact) mass is 279 g/mol. The van der Waals surface area contributed by atoms with E-state index in [1.165, 1.54) is 0 Å². The smallest absolute Gasteiger partial charge is 0.371 e. The Labute approximate surface area is 111 Å². The molecule has 1 aliphatic rings. The molecule has 0 radical (unpaired) electrons. The van der Waals surface area contributed by atoms with Crippen LogP contribution >= 0.6 is 0 Å². The summed E-state index contributed by atoms with van der Waals surface area (Å²) in [5, 5.41) is 9.03. The maximum Gasteiger partial charge on any atom is 0.411 e. The number of alkyl halides is 3. The molecule has 0 bridgehead atoms. The third kappa shape index (κ3) is 5.76. The number of hydrogen-bond acceptors (Lipinski definition) is 4. The Morgan fingerprint density at radius 3 is 2.21 bits per heavy atom.